The van der Waals surface area contributed by atoms with E-state index in [1.165, 1.54) is 0 Å². The van der Waals surface area contributed by atoms with Gasteiger partial charge in [-0.05, 0) is 36.9 Å². The number of rotatable bonds is 5. The van der Waals surface area contributed by atoms with Crippen molar-refractivity contribution in [3.8, 4) is 0 Å². The van der Waals surface area contributed by atoms with Gasteiger partial charge in [-0.25, -0.2) is 17.2 Å². The van der Waals surface area contributed by atoms with Gasteiger partial charge in [-0.15, -0.1) is 0 Å². The van der Waals surface area contributed by atoms with Crippen LogP contribution >= 0.6 is 0 Å². The summed E-state index contributed by atoms with van der Waals surface area (Å²) in [6.07, 6.45) is -2.12. The van der Waals surface area contributed by atoms with Gasteiger partial charge in [0, 0.05) is 38.0 Å². The van der Waals surface area contributed by atoms with Crippen LogP contribution in [0.15, 0.2) is 21.6 Å². The van der Waals surface area contributed by atoms with E-state index in [0.717, 1.165) is 12.3 Å². The largest absolute Gasteiger partial charge is 0.471 e. The Labute approximate surface area is 197 Å². The number of halogens is 5. The second-order valence-corrected chi connectivity index (χ2v) is 10.5. The summed E-state index contributed by atoms with van der Waals surface area (Å²) in [4.78, 5) is 18.9. The zero-order valence-corrected chi connectivity index (χ0v) is 19.3. The molecule has 1 aromatic heterocycles. The Morgan fingerprint density at radius 1 is 1.09 bits per heavy atom. The SMILES string of the molecule is CS(=O)(=O)c1cc(F)c(NC2CCCN(C3CCN(c4noc(C(F)(F)F)n4)CC3)C2=O)cc1F. The second-order valence-electron chi connectivity index (χ2n) is 8.52. The molecule has 0 spiro atoms. The van der Waals surface area contributed by atoms with Crippen LogP contribution in [0.1, 0.15) is 31.6 Å². The van der Waals surface area contributed by atoms with Gasteiger partial charge in [0.15, 0.2) is 9.84 Å². The highest BCUT2D eigenvalue weighted by Gasteiger charge is 2.40. The van der Waals surface area contributed by atoms with Gasteiger partial charge in [0.1, 0.15) is 22.6 Å². The highest BCUT2D eigenvalue weighted by atomic mass is 32.2. The van der Waals surface area contributed by atoms with Crippen LogP contribution in [0.4, 0.5) is 33.6 Å². The molecule has 0 saturated carbocycles. The first kappa shape index (κ1) is 25.1. The minimum absolute atomic E-state index is 0.171. The number of alkyl halides is 3. The van der Waals surface area contributed by atoms with E-state index < -0.39 is 44.5 Å². The Kier molecular flexibility index (Phi) is 6.64. The third kappa shape index (κ3) is 5.33. The highest BCUT2D eigenvalue weighted by Crippen LogP contribution is 2.31. The molecule has 1 atom stereocenters. The minimum Gasteiger partial charge on any atom is -0.371 e. The lowest BCUT2D eigenvalue weighted by Gasteiger charge is -2.42. The maximum Gasteiger partial charge on any atom is 0.471 e. The van der Waals surface area contributed by atoms with E-state index in [2.05, 4.69) is 20.0 Å². The number of benzene rings is 1. The van der Waals surface area contributed by atoms with Crippen molar-refractivity contribution in [2.75, 3.05) is 36.1 Å². The summed E-state index contributed by atoms with van der Waals surface area (Å²) in [6, 6.07) is 0.254. The first-order chi connectivity index (χ1) is 16.3. The van der Waals surface area contributed by atoms with Crippen molar-refractivity contribution in [1.29, 1.82) is 0 Å². The molecular weight excluding hydrogens is 501 g/mol. The third-order valence-corrected chi connectivity index (χ3v) is 7.18. The average Bonchev–Trinajstić information content (AvgIpc) is 3.28. The minimum atomic E-state index is -4.74. The number of amides is 1. The Morgan fingerprint density at radius 3 is 2.37 bits per heavy atom. The topological polar surface area (TPSA) is 109 Å². The maximum atomic E-state index is 14.5. The van der Waals surface area contributed by atoms with Gasteiger partial charge >= 0.3 is 12.1 Å². The first-order valence-corrected chi connectivity index (χ1v) is 12.7. The number of sulfone groups is 1. The Bertz CT molecular complexity index is 1210. The summed E-state index contributed by atoms with van der Waals surface area (Å²) in [6.45, 7) is 1.05. The number of carbonyl (C=O) groups is 1. The summed E-state index contributed by atoms with van der Waals surface area (Å²) in [5, 5.41) is 6.07. The fourth-order valence-corrected chi connectivity index (χ4v) is 5.07. The molecule has 3 heterocycles. The van der Waals surface area contributed by atoms with E-state index in [9.17, 15) is 35.2 Å². The van der Waals surface area contributed by atoms with Crippen LogP contribution in [0, 0.1) is 11.6 Å². The van der Waals surface area contributed by atoms with Crippen LogP contribution in [0.5, 0.6) is 0 Å². The van der Waals surface area contributed by atoms with Crippen molar-refractivity contribution in [3.05, 3.63) is 29.7 Å². The predicted octanol–water partition coefficient (Wildman–Crippen LogP) is 2.84. The lowest BCUT2D eigenvalue weighted by molar-refractivity contribution is -0.159. The number of nitrogens with zero attached hydrogens (tertiary/aromatic N) is 4. The van der Waals surface area contributed by atoms with Crippen LogP contribution < -0.4 is 10.2 Å². The molecule has 0 radical (unpaired) electrons. The summed E-state index contributed by atoms with van der Waals surface area (Å²) in [5.41, 5.74) is -0.317. The molecule has 15 heteroatoms. The number of piperidine rings is 2. The lowest BCUT2D eigenvalue weighted by atomic mass is 9.97. The first-order valence-electron chi connectivity index (χ1n) is 10.8. The van der Waals surface area contributed by atoms with Gasteiger partial charge < -0.3 is 19.6 Å². The Balaban J connectivity index is 1.40. The molecule has 4 rings (SSSR count). The van der Waals surface area contributed by atoms with Crippen LogP contribution in [-0.4, -0.2) is 67.3 Å². The summed E-state index contributed by atoms with van der Waals surface area (Å²) < 4.78 is 94.2. The average molecular weight is 523 g/mol. The fourth-order valence-electron chi connectivity index (χ4n) is 4.34. The van der Waals surface area contributed by atoms with Crippen molar-refractivity contribution < 1.29 is 39.7 Å². The molecule has 192 valence electrons. The molecule has 2 aliphatic heterocycles. The number of carbonyl (C=O) groups excluding carboxylic acids is 1. The third-order valence-electron chi connectivity index (χ3n) is 6.07. The summed E-state index contributed by atoms with van der Waals surface area (Å²) in [7, 11) is -3.96. The fraction of sp³-hybridized carbons (Fsp3) is 0.550. The van der Waals surface area contributed by atoms with Gasteiger partial charge in [-0.3, -0.25) is 4.79 Å². The molecule has 1 unspecified atom stereocenters. The van der Waals surface area contributed by atoms with E-state index >= 15 is 0 Å². The zero-order chi connectivity index (χ0) is 25.5. The number of anilines is 2. The number of nitrogens with one attached hydrogen (secondary N) is 1. The molecule has 2 fully saturated rings. The predicted molar refractivity (Wildman–Crippen MR) is 112 cm³/mol. The molecule has 35 heavy (non-hydrogen) atoms. The summed E-state index contributed by atoms with van der Waals surface area (Å²) >= 11 is 0. The molecule has 1 amide bonds. The molecule has 2 aliphatic rings. The van der Waals surface area contributed by atoms with Gasteiger partial charge in [-0.1, -0.05) is 0 Å². The molecule has 2 aromatic rings. The zero-order valence-electron chi connectivity index (χ0n) is 18.5. The molecule has 0 aliphatic carbocycles. The van der Waals surface area contributed by atoms with Gasteiger partial charge in [0.2, 0.25) is 5.91 Å². The van der Waals surface area contributed by atoms with E-state index in [4.69, 9.17) is 0 Å². The highest BCUT2D eigenvalue weighted by molar-refractivity contribution is 7.90. The quantitative estimate of drug-likeness (QED) is 0.597. The van der Waals surface area contributed by atoms with Gasteiger partial charge in [0.05, 0.1) is 5.69 Å². The van der Waals surface area contributed by atoms with E-state index in [-0.39, 0.29) is 23.6 Å². The van der Waals surface area contributed by atoms with E-state index in [1.807, 2.05) is 0 Å². The number of aromatic nitrogens is 2. The lowest BCUT2D eigenvalue weighted by Crippen LogP contribution is -2.54. The Morgan fingerprint density at radius 2 is 1.77 bits per heavy atom. The molecule has 1 N–H and O–H groups in total. The number of hydrogen-bond acceptors (Lipinski definition) is 8. The monoisotopic (exact) mass is 523 g/mol. The van der Waals surface area contributed by atoms with Crippen molar-refractivity contribution in [2.45, 2.75) is 48.8 Å². The Hall–Kier alpha value is -2.97. The second kappa shape index (κ2) is 9.24. The van der Waals surface area contributed by atoms with E-state index in [1.54, 1.807) is 9.80 Å². The van der Waals surface area contributed by atoms with Crippen molar-refractivity contribution in [2.24, 2.45) is 0 Å². The van der Waals surface area contributed by atoms with Crippen LogP contribution in [0.25, 0.3) is 0 Å². The van der Waals surface area contributed by atoms with Crippen molar-refractivity contribution in [1.82, 2.24) is 15.0 Å². The summed E-state index contributed by atoms with van der Waals surface area (Å²) in [5.74, 6) is -4.04. The van der Waals surface area contributed by atoms with Crippen LogP contribution in [-0.2, 0) is 20.8 Å². The standard InChI is InChI=1S/C20H22F5N5O4S/c1-35(32,33)16-10-12(21)15(9-13(16)22)26-14-3-2-6-30(17(14)31)11-4-7-29(8-5-11)19-27-18(34-28-19)20(23,24)25/h9-11,14,26H,2-8H2,1H3. The number of likely N-dealkylation sites (tertiary alicyclic amines) is 1. The maximum absolute atomic E-state index is 14.5. The van der Waals surface area contributed by atoms with Crippen LogP contribution in [0.3, 0.4) is 0 Å². The normalized spacial score (nSPS) is 20.4. The molecular formula is C20H22F5N5O4S. The van der Waals surface area contributed by atoms with Crippen molar-refractivity contribution in [3.63, 3.8) is 0 Å². The molecule has 1 aromatic carbocycles. The number of hydrogen-bond donors (Lipinski definition) is 1. The molecule has 2 saturated heterocycles. The smallest absolute Gasteiger partial charge is 0.371 e. The van der Waals surface area contributed by atoms with Gasteiger partial charge in [0.25, 0.3) is 5.95 Å². The van der Waals surface area contributed by atoms with Crippen LogP contribution in [0.2, 0.25) is 0 Å². The van der Waals surface area contributed by atoms with E-state index in [0.29, 0.717) is 51.4 Å². The molecule has 9 nitrogen and oxygen atoms in total. The van der Waals surface area contributed by atoms with Crippen molar-refractivity contribution >= 4 is 27.4 Å². The van der Waals surface area contributed by atoms with Gasteiger partial charge in [-0.2, -0.15) is 18.2 Å². The molecule has 0 bridgehead atoms.